The maximum atomic E-state index is 14.0. The van der Waals surface area contributed by atoms with Crippen molar-refractivity contribution in [3.8, 4) is 28.6 Å². The Morgan fingerprint density at radius 2 is 1.43 bits per heavy atom. The van der Waals surface area contributed by atoms with Gasteiger partial charge in [0.05, 0.1) is 24.3 Å². The molecule has 0 bridgehead atoms. The summed E-state index contributed by atoms with van der Waals surface area (Å²) in [5.74, 6) is -1.94. The molecule has 9 unspecified atom stereocenters. The van der Waals surface area contributed by atoms with Gasteiger partial charge in [0.25, 0.3) is 0 Å². The van der Waals surface area contributed by atoms with Crippen molar-refractivity contribution in [1.82, 2.24) is 0 Å². The van der Waals surface area contributed by atoms with Gasteiger partial charge in [-0.3, -0.25) is 4.79 Å². The van der Waals surface area contributed by atoms with Gasteiger partial charge in [0.15, 0.2) is 5.58 Å². The molecule has 1 aromatic heterocycles. The molecule has 2 aromatic carbocycles. The van der Waals surface area contributed by atoms with Gasteiger partial charge in [0.1, 0.15) is 83.3 Å². The van der Waals surface area contributed by atoms with E-state index in [-0.39, 0.29) is 22.6 Å². The summed E-state index contributed by atoms with van der Waals surface area (Å²) < 4.78 is 17.1. The van der Waals surface area contributed by atoms with Crippen molar-refractivity contribution in [2.75, 3.05) is 13.2 Å². The number of benzene rings is 2. The minimum absolute atomic E-state index is 0.141. The average molecular weight is 564 g/mol. The highest BCUT2D eigenvalue weighted by atomic mass is 16.5. The lowest BCUT2D eigenvalue weighted by atomic mass is 9.88. The first kappa shape index (κ1) is 28.2. The van der Waals surface area contributed by atoms with Gasteiger partial charge in [0.2, 0.25) is 5.43 Å². The molecule has 0 saturated carbocycles. The minimum Gasteiger partial charge on any atom is -0.508 e. The quantitative estimate of drug-likeness (QED) is 0.169. The molecule has 2 aliphatic rings. The smallest absolute Gasteiger partial charge is 0.203 e. The summed E-state index contributed by atoms with van der Waals surface area (Å²) in [6.45, 7) is -1.25. The second-order valence-corrected chi connectivity index (χ2v) is 9.81. The summed E-state index contributed by atoms with van der Waals surface area (Å²) in [6.07, 6.45) is -15.1. The molecule has 9 atom stereocenters. The summed E-state index contributed by atoms with van der Waals surface area (Å²) in [5.41, 5.74) is -2.14. The highest BCUT2D eigenvalue weighted by Crippen LogP contribution is 2.45. The van der Waals surface area contributed by atoms with Crippen LogP contribution in [0.2, 0.25) is 0 Å². The minimum atomic E-state index is -1.89. The van der Waals surface area contributed by atoms with E-state index in [2.05, 4.69) is 0 Å². The van der Waals surface area contributed by atoms with Crippen LogP contribution < -0.4 is 5.43 Å². The van der Waals surface area contributed by atoms with E-state index < -0.39 is 102 Å². The molecule has 3 heterocycles. The van der Waals surface area contributed by atoms with Crippen molar-refractivity contribution < 1.29 is 65.0 Å². The van der Waals surface area contributed by atoms with E-state index in [0.717, 1.165) is 6.07 Å². The van der Waals surface area contributed by atoms with Crippen LogP contribution in [0.4, 0.5) is 0 Å². The first-order valence-corrected chi connectivity index (χ1v) is 12.3. The number of fused-ring (bicyclic) bond motifs is 1. The summed E-state index contributed by atoms with van der Waals surface area (Å²) in [6, 6.07) is 5.98. The summed E-state index contributed by atoms with van der Waals surface area (Å²) in [4.78, 5) is 14.0. The topological polar surface area (TPSA) is 251 Å². The lowest BCUT2D eigenvalue weighted by Gasteiger charge is -2.40. The normalized spacial score (nSPS) is 32.8. The first-order valence-electron chi connectivity index (χ1n) is 12.3. The fraction of sp³-hybridized carbons (Fsp3) is 0.423. The Morgan fingerprint density at radius 1 is 0.775 bits per heavy atom. The number of aliphatic hydroxyl groups is 7. The second kappa shape index (κ2) is 10.6. The van der Waals surface area contributed by atoms with Crippen molar-refractivity contribution in [2.24, 2.45) is 0 Å². The molecule has 14 heteroatoms. The fourth-order valence-corrected chi connectivity index (χ4v) is 5.13. The average Bonchev–Trinajstić information content (AvgIpc) is 2.92. The third-order valence-corrected chi connectivity index (χ3v) is 7.29. The number of hydrogen-bond donors (Lipinski definition) is 10. The van der Waals surface area contributed by atoms with Crippen LogP contribution in [-0.2, 0) is 9.47 Å². The summed E-state index contributed by atoms with van der Waals surface area (Å²) in [7, 11) is 0. The molecule has 0 radical (unpaired) electrons. The van der Waals surface area contributed by atoms with E-state index in [0.29, 0.717) is 0 Å². The molecule has 10 N–H and O–H groups in total. The van der Waals surface area contributed by atoms with Gasteiger partial charge < -0.3 is 65.0 Å². The zero-order valence-corrected chi connectivity index (χ0v) is 20.6. The largest absolute Gasteiger partial charge is 0.508 e. The second-order valence-electron chi connectivity index (χ2n) is 9.81. The standard InChI is InChI=1S/C26H28O14/c27-6-13-18(33)20(35)22(37)26(39-13)15-11(30)5-10(29)14-19(34)16(25-21(36)17(32)12(31)7-38-25)23(40-24(14)15)8-1-3-9(28)4-2-8/h1-5,12-13,17-18,20-22,25-33,35-37H,6-7H2. The zero-order valence-electron chi connectivity index (χ0n) is 20.6. The first-order chi connectivity index (χ1) is 19.0. The molecule has 216 valence electrons. The number of aliphatic hydroxyl groups excluding tert-OH is 7. The Kier molecular flexibility index (Phi) is 7.47. The molecule has 0 amide bonds. The molecule has 0 aliphatic carbocycles. The lowest BCUT2D eigenvalue weighted by molar-refractivity contribution is -0.231. The van der Waals surface area contributed by atoms with E-state index in [1.165, 1.54) is 24.3 Å². The number of phenols is 3. The van der Waals surface area contributed by atoms with Gasteiger partial charge >= 0.3 is 0 Å². The van der Waals surface area contributed by atoms with Crippen LogP contribution in [0.1, 0.15) is 23.3 Å². The Labute approximate surface area is 224 Å². The number of ether oxygens (including phenoxy) is 2. The van der Waals surface area contributed by atoms with Gasteiger partial charge in [-0.1, -0.05) is 0 Å². The molecule has 40 heavy (non-hydrogen) atoms. The fourth-order valence-electron chi connectivity index (χ4n) is 5.13. The molecule has 5 rings (SSSR count). The highest BCUT2D eigenvalue weighted by Gasteiger charge is 2.47. The zero-order chi connectivity index (χ0) is 29.0. The molecule has 0 spiro atoms. The van der Waals surface area contributed by atoms with Gasteiger partial charge in [0, 0.05) is 11.6 Å². The van der Waals surface area contributed by atoms with Gasteiger partial charge in [-0.05, 0) is 24.3 Å². The summed E-state index contributed by atoms with van der Waals surface area (Å²) in [5, 5.41) is 102. The molecule has 3 aromatic rings. The van der Waals surface area contributed by atoms with Crippen molar-refractivity contribution in [1.29, 1.82) is 0 Å². The maximum absolute atomic E-state index is 14.0. The number of hydrogen-bond acceptors (Lipinski definition) is 14. The van der Waals surface area contributed by atoms with E-state index in [1.807, 2.05) is 0 Å². The molecular formula is C26H28O14. The van der Waals surface area contributed by atoms with E-state index in [9.17, 15) is 55.9 Å². The van der Waals surface area contributed by atoms with Crippen LogP contribution in [-0.4, -0.2) is 107 Å². The Balaban J connectivity index is 1.81. The highest BCUT2D eigenvalue weighted by molar-refractivity contribution is 5.90. The maximum Gasteiger partial charge on any atom is 0.203 e. The molecule has 2 saturated heterocycles. The SMILES string of the molecule is O=c1c(C2OCC(O)C(O)C2O)c(-c2ccc(O)cc2)oc2c(C3OC(CO)C(O)C(O)C3O)c(O)cc(O)c12. The predicted octanol–water partition coefficient (Wildman–Crippen LogP) is -1.75. The Bertz CT molecular complexity index is 1450. The van der Waals surface area contributed by atoms with Crippen LogP contribution in [0.25, 0.3) is 22.3 Å². The monoisotopic (exact) mass is 564 g/mol. The predicted molar refractivity (Wildman–Crippen MR) is 132 cm³/mol. The van der Waals surface area contributed by atoms with Crippen LogP contribution in [0.3, 0.4) is 0 Å². The van der Waals surface area contributed by atoms with E-state index >= 15 is 0 Å². The van der Waals surface area contributed by atoms with E-state index in [4.69, 9.17) is 13.9 Å². The molecule has 2 aliphatic heterocycles. The Hall–Kier alpha value is -3.31. The molecule has 2 fully saturated rings. The summed E-state index contributed by atoms with van der Waals surface area (Å²) >= 11 is 0. The number of phenolic OH excluding ortho intramolecular Hbond substituents is 3. The van der Waals surface area contributed by atoms with Gasteiger partial charge in [-0.15, -0.1) is 0 Å². The van der Waals surface area contributed by atoms with Crippen LogP contribution in [0.15, 0.2) is 39.5 Å². The van der Waals surface area contributed by atoms with Gasteiger partial charge in [-0.2, -0.15) is 0 Å². The lowest BCUT2D eigenvalue weighted by Crippen LogP contribution is -2.55. The number of rotatable bonds is 4. The number of aromatic hydroxyl groups is 3. The third kappa shape index (κ3) is 4.49. The van der Waals surface area contributed by atoms with Crippen LogP contribution >= 0.6 is 0 Å². The van der Waals surface area contributed by atoms with Crippen molar-refractivity contribution in [3.63, 3.8) is 0 Å². The Morgan fingerprint density at radius 3 is 2.08 bits per heavy atom. The third-order valence-electron chi connectivity index (χ3n) is 7.29. The van der Waals surface area contributed by atoms with Crippen LogP contribution in [0, 0.1) is 0 Å². The molecular weight excluding hydrogens is 536 g/mol. The van der Waals surface area contributed by atoms with Crippen LogP contribution in [0.5, 0.6) is 17.2 Å². The van der Waals surface area contributed by atoms with E-state index in [1.54, 1.807) is 0 Å². The van der Waals surface area contributed by atoms with Crippen molar-refractivity contribution >= 4 is 11.0 Å². The van der Waals surface area contributed by atoms with Crippen molar-refractivity contribution in [3.05, 3.63) is 51.7 Å². The molecule has 14 nitrogen and oxygen atoms in total. The van der Waals surface area contributed by atoms with Crippen molar-refractivity contribution in [2.45, 2.75) is 54.9 Å². The van der Waals surface area contributed by atoms with Gasteiger partial charge in [-0.25, -0.2) is 0 Å².